The fraction of sp³-hybridized carbons (Fsp3) is 0.222. The van der Waals surface area contributed by atoms with E-state index < -0.39 is 0 Å². The van der Waals surface area contributed by atoms with E-state index in [4.69, 9.17) is 0 Å². The number of carbonyl (C=O) groups is 2. The number of fused-ring (bicyclic) bond motifs is 1. The topological polar surface area (TPSA) is 91.0 Å². The molecular weight excluding hydrogens is 350 g/mol. The number of hydrogen-bond acceptors (Lipinski definition) is 5. The fourth-order valence-corrected chi connectivity index (χ4v) is 4.00. The third kappa shape index (κ3) is 3.23. The first kappa shape index (κ1) is 16.5. The maximum atomic E-state index is 12.8. The van der Waals surface area contributed by atoms with Crippen LogP contribution in [0.5, 0.6) is 0 Å². The zero-order valence-electron chi connectivity index (χ0n) is 14.2. The van der Waals surface area contributed by atoms with E-state index in [9.17, 15) is 9.59 Å². The van der Waals surface area contributed by atoms with E-state index in [-0.39, 0.29) is 11.8 Å². The SMILES string of the molecule is CC(=O)Nc1nc2c(s1)CN(C(=O)c1cc(-c3ccccc3)n[nH]1)CC2. The largest absolute Gasteiger partial charge is 0.332 e. The number of nitrogens with zero attached hydrogens (tertiary/aromatic N) is 3. The molecule has 2 amide bonds. The summed E-state index contributed by atoms with van der Waals surface area (Å²) in [5.41, 5.74) is 3.14. The Morgan fingerprint density at radius 1 is 1.27 bits per heavy atom. The normalized spacial score (nSPS) is 13.3. The van der Waals surface area contributed by atoms with Gasteiger partial charge in [0.25, 0.3) is 5.91 Å². The summed E-state index contributed by atoms with van der Waals surface area (Å²) in [6, 6.07) is 11.5. The van der Waals surface area contributed by atoms with Crippen molar-refractivity contribution in [3.05, 3.63) is 52.7 Å². The summed E-state index contributed by atoms with van der Waals surface area (Å²) in [4.78, 5) is 31.2. The number of H-pyrrole nitrogens is 1. The zero-order valence-corrected chi connectivity index (χ0v) is 15.0. The molecule has 0 saturated heterocycles. The highest BCUT2D eigenvalue weighted by Crippen LogP contribution is 2.29. The molecule has 2 N–H and O–H groups in total. The molecule has 0 unspecified atom stereocenters. The first-order valence-corrected chi connectivity index (χ1v) is 9.08. The molecule has 3 aromatic rings. The minimum absolute atomic E-state index is 0.0835. The fourth-order valence-electron chi connectivity index (χ4n) is 2.93. The van der Waals surface area contributed by atoms with Gasteiger partial charge in [0.1, 0.15) is 5.69 Å². The van der Waals surface area contributed by atoms with Gasteiger partial charge < -0.3 is 10.2 Å². The van der Waals surface area contributed by atoms with E-state index in [1.165, 1.54) is 18.3 Å². The smallest absolute Gasteiger partial charge is 0.272 e. The summed E-state index contributed by atoms with van der Waals surface area (Å²) in [6.07, 6.45) is 0.677. The van der Waals surface area contributed by atoms with Crippen molar-refractivity contribution < 1.29 is 9.59 Å². The van der Waals surface area contributed by atoms with Crippen LogP contribution in [-0.2, 0) is 17.8 Å². The standard InChI is InChI=1S/C18H17N5O2S/c1-11(24)19-18-20-13-7-8-23(10-16(13)26-18)17(25)15-9-14(21-22-15)12-5-3-2-4-6-12/h2-6,9H,7-8,10H2,1H3,(H,21,22)(H,19,20,24). The third-order valence-electron chi connectivity index (χ3n) is 4.18. The Labute approximate surface area is 154 Å². The number of thiazole rings is 1. The molecule has 1 aliphatic rings. The highest BCUT2D eigenvalue weighted by Gasteiger charge is 2.26. The molecule has 0 saturated carbocycles. The van der Waals surface area contributed by atoms with Crippen LogP contribution in [0, 0.1) is 0 Å². The van der Waals surface area contributed by atoms with Crippen molar-refractivity contribution in [1.29, 1.82) is 0 Å². The Bertz CT molecular complexity index is 963. The summed E-state index contributed by atoms with van der Waals surface area (Å²) in [6.45, 7) is 2.54. The number of nitrogens with one attached hydrogen (secondary N) is 2. The molecular formula is C18H17N5O2S. The molecule has 2 aromatic heterocycles. The summed E-state index contributed by atoms with van der Waals surface area (Å²) >= 11 is 1.42. The van der Waals surface area contributed by atoms with Gasteiger partial charge >= 0.3 is 0 Å². The number of aromatic nitrogens is 3. The minimum atomic E-state index is -0.144. The molecule has 3 heterocycles. The number of rotatable bonds is 3. The molecule has 0 atom stereocenters. The molecule has 0 radical (unpaired) electrons. The van der Waals surface area contributed by atoms with Crippen LogP contribution in [0.15, 0.2) is 36.4 Å². The summed E-state index contributed by atoms with van der Waals surface area (Å²) in [5, 5.41) is 10.4. The van der Waals surface area contributed by atoms with Gasteiger partial charge in [-0.2, -0.15) is 5.10 Å². The molecule has 7 nitrogen and oxygen atoms in total. The first-order chi connectivity index (χ1) is 12.6. The van der Waals surface area contributed by atoms with Crippen molar-refractivity contribution in [1.82, 2.24) is 20.1 Å². The molecule has 132 valence electrons. The number of aromatic amines is 1. The Kier molecular flexibility index (Phi) is 4.26. The average Bonchev–Trinajstić information content (AvgIpc) is 3.27. The van der Waals surface area contributed by atoms with E-state index in [2.05, 4.69) is 20.5 Å². The van der Waals surface area contributed by atoms with Crippen LogP contribution < -0.4 is 5.32 Å². The maximum Gasteiger partial charge on any atom is 0.272 e. The van der Waals surface area contributed by atoms with E-state index in [1.54, 1.807) is 11.0 Å². The Hall–Kier alpha value is -3.00. The monoisotopic (exact) mass is 367 g/mol. The number of hydrogen-bond donors (Lipinski definition) is 2. The average molecular weight is 367 g/mol. The number of benzene rings is 1. The molecule has 0 bridgehead atoms. The highest BCUT2D eigenvalue weighted by atomic mass is 32.1. The zero-order chi connectivity index (χ0) is 18.1. The predicted octanol–water partition coefficient (Wildman–Crippen LogP) is 2.69. The second-order valence-corrected chi connectivity index (χ2v) is 7.16. The second-order valence-electron chi connectivity index (χ2n) is 6.08. The van der Waals surface area contributed by atoms with Crippen molar-refractivity contribution in [2.24, 2.45) is 0 Å². The molecule has 0 spiro atoms. The van der Waals surface area contributed by atoms with Crippen molar-refractivity contribution in [2.75, 3.05) is 11.9 Å². The second kappa shape index (κ2) is 6.72. The Balaban J connectivity index is 1.50. The van der Waals surface area contributed by atoms with E-state index >= 15 is 0 Å². The maximum absolute atomic E-state index is 12.8. The third-order valence-corrected chi connectivity index (χ3v) is 5.18. The molecule has 8 heteroatoms. The van der Waals surface area contributed by atoms with Gasteiger partial charge in [0.05, 0.1) is 17.9 Å². The van der Waals surface area contributed by atoms with E-state index in [0.29, 0.717) is 30.3 Å². The van der Waals surface area contributed by atoms with Gasteiger partial charge in [-0.25, -0.2) is 4.98 Å². The van der Waals surface area contributed by atoms with Crippen LogP contribution >= 0.6 is 11.3 Å². The first-order valence-electron chi connectivity index (χ1n) is 8.26. The molecule has 4 rings (SSSR count). The summed E-state index contributed by atoms with van der Waals surface area (Å²) < 4.78 is 0. The molecule has 1 aliphatic heterocycles. The van der Waals surface area contributed by atoms with Gasteiger partial charge in [0.15, 0.2) is 5.13 Å². The number of anilines is 1. The van der Waals surface area contributed by atoms with Crippen molar-refractivity contribution >= 4 is 28.3 Å². The van der Waals surface area contributed by atoms with Gasteiger partial charge in [0, 0.05) is 30.3 Å². The predicted molar refractivity (Wildman–Crippen MR) is 98.9 cm³/mol. The van der Waals surface area contributed by atoms with Gasteiger partial charge in [-0.05, 0) is 6.07 Å². The number of amides is 2. The van der Waals surface area contributed by atoms with E-state index in [0.717, 1.165) is 21.8 Å². The van der Waals surface area contributed by atoms with Crippen molar-refractivity contribution in [2.45, 2.75) is 19.9 Å². The van der Waals surface area contributed by atoms with Crippen LogP contribution in [0.4, 0.5) is 5.13 Å². The lowest BCUT2D eigenvalue weighted by Crippen LogP contribution is -2.35. The lowest BCUT2D eigenvalue weighted by atomic mass is 10.1. The Morgan fingerprint density at radius 3 is 2.85 bits per heavy atom. The Morgan fingerprint density at radius 2 is 2.08 bits per heavy atom. The van der Waals surface area contributed by atoms with Crippen LogP contribution in [0.3, 0.4) is 0 Å². The van der Waals surface area contributed by atoms with Crippen LogP contribution in [-0.4, -0.2) is 38.4 Å². The van der Waals surface area contributed by atoms with Crippen molar-refractivity contribution in [3.63, 3.8) is 0 Å². The summed E-state index contributed by atoms with van der Waals surface area (Å²) in [7, 11) is 0. The summed E-state index contributed by atoms with van der Waals surface area (Å²) in [5.74, 6) is -0.227. The minimum Gasteiger partial charge on any atom is -0.332 e. The number of carbonyl (C=O) groups excluding carboxylic acids is 2. The molecule has 1 aromatic carbocycles. The lowest BCUT2D eigenvalue weighted by Gasteiger charge is -2.25. The lowest BCUT2D eigenvalue weighted by molar-refractivity contribution is -0.114. The van der Waals surface area contributed by atoms with Gasteiger partial charge in [0.2, 0.25) is 5.91 Å². The van der Waals surface area contributed by atoms with E-state index in [1.807, 2.05) is 30.3 Å². The molecule has 26 heavy (non-hydrogen) atoms. The van der Waals surface area contributed by atoms with Crippen molar-refractivity contribution in [3.8, 4) is 11.3 Å². The van der Waals surface area contributed by atoms with Crippen LogP contribution in [0.1, 0.15) is 28.0 Å². The van der Waals surface area contributed by atoms with Gasteiger partial charge in [-0.1, -0.05) is 41.7 Å². The van der Waals surface area contributed by atoms with Crippen LogP contribution in [0.2, 0.25) is 0 Å². The molecule has 0 aliphatic carbocycles. The van der Waals surface area contributed by atoms with Gasteiger partial charge in [-0.15, -0.1) is 0 Å². The quantitative estimate of drug-likeness (QED) is 0.745. The van der Waals surface area contributed by atoms with Gasteiger partial charge in [-0.3, -0.25) is 14.7 Å². The molecule has 0 fully saturated rings. The highest BCUT2D eigenvalue weighted by molar-refractivity contribution is 7.15. The van der Waals surface area contributed by atoms with Crippen LogP contribution in [0.25, 0.3) is 11.3 Å².